The number of carbonyl (C=O) groups excluding carboxylic acids is 1. The zero-order valence-corrected chi connectivity index (χ0v) is 11.6. The maximum absolute atomic E-state index is 12.3. The zero-order chi connectivity index (χ0) is 14.5. The summed E-state index contributed by atoms with van der Waals surface area (Å²) in [5.41, 5.74) is -0.255. The van der Waals surface area contributed by atoms with Gasteiger partial charge in [-0.3, -0.25) is 4.79 Å². The Bertz CT molecular complexity index is 424. The van der Waals surface area contributed by atoms with Gasteiger partial charge in [-0.25, -0.2) is 5.90 Å². The van der Waals surface area contributed by atoms with Crippen LogP contribution in [-0.2, 0) is 4.84 Å². The average molecular weight is 268 g/mol. The number of nitrogens with one attached hydrogen (secondary N) is 1. The summed E-state index contributed by atoms with van der Waals surface area (Å²) in [7, 11) is 3.00. The number of carbonyl (C=O) groups is 1. The Labute approximate surface area is 112 Å². The van der Waals surface area contributed by atoms with Crippen LogP contribution in [0.1, 0.15) is 24.2 Å². The molecule has 0 aromatic heterocycles. The molecule has 1 rings (SSSR count). The van der Waals surface area contributed by atoms with Crippen LogP contribution in [0, 0.1) is 0 Å². The van der Waals surface area contributed by atoms with Crippen molar-refractivity contribution in [1.29, 1.82) is 0 Å². The van der Waals surface area contributed by atoms with Crippen molar-refractivity contribution in [2.45, 2.75) is 19.4 Å². The molecule has 19 heavy (non-hydrogen) atoms. The monoisotopic (exact) mass is 268 g/mol. The predicted octanol–water partition coefficient (Wildman–Crippen LogP) is 1.10. The van der Waals surface area contributed by atoms with E-state index in [2.05, 4.69) is 10.2 Å². The maximum atomic E-state index is 12.3. The molecule has 0 spiro atoms. The van der Waals surface area contributed by atoms with Gasteiger partial charge in [0.05, 0.1) is 26.4 Å². The minimum absolute atomic E-state index is 0.191. The minimum Gasteiger partial charge on any atom is -0.496 e. The number of benzene rings is 1. The molecule has 0 saturated carbocycles. The number of ether oxygens (including phenoxy) is 2. The van der Waals surface area contributed by atoms with E-state index in [0.29, 0.717) is 17.1 Å². The van der Waals surface area contributed by atoms with Gasteiger partial charge in [-0.2, -0.15) is 0 Å². The number of hydrogen-bond donors (Lipinski definition) is 2. The first-order valence-electron chi connectivity index (χ1n) is 5.80. The van der Waals surface area contributed by atoms with Crippen LogP contribution in [0.4, 0.5) is 0 Å². The Hall–Kier alpha value is -1.79. The summed E-state index contributed by atoms with van der Waals surface area (Å²) >= 11 is 0. The fourth-order valence-electron chi connectivity index (χ4n) is 1.69. The molecular weight excluding hydrogens is 248 g/mol. The summed E-state index contributed by atoms with van der Waals surface area (Å²) in [6.45, 7) is 3.80. The number of rotatable bonds is 6. The quantitative estimate of drug-likeness (QED) is 0.755. The van der Waals surface area contributed by atoms with Crippen LogP contribution >= 0.6 is 0 Å². The molecule has 0 atom stereocenters. The van der Waals surface area contributed by atoms with Gasteiger partial charge < -0.3 is 19.6 Å². The lowest BCUT2D eigenvalue weighted by molar-refractivity contribution is 0.0684. The first-order valence-corrected chi connectivity index (χ1v) is 5.80. The fraction of sp³-hybridized carbons (Fsp3) is 0.462. The molecule has 0 bridgehead atoms. The molecule has 1 amide bonds. The van der Waals surface area contributed by atoms with Gasteiger partial charge in [0.25, 0.3) is 5.91 Å². The molecule has 0 heterocycles. The highest BCUT2D eigenvalue weighted by Gasteiger charge is 2.25. The summed E-state index contributed by atoms with van der Waals surface area (Å²) < 4.78 is 10.4. The molecule has 0 saturated heterocycles. The van der Waals surface area contributed by atoms with E-state index in [1.165, 1.54) is 14.2 Å². The van der Waals surface area contributed by atoms with Crippen molar-refractivity contribution in [2.24, 2.45) is 5.90 Å². The molecule has 1 aromatic rings. The number of hydrogen-bond acceptors (Lipinski definition) is 5. The third-order valence-corrected chi connectivity index (χ3v) is 2.55. The Morgan fingerprint density at radius 3 is 2.21 bits per heavy atom. The smallest absolute Gasteiger partial charge is 0.259 e. The molecule has 6 nitrogen and oxygen atoms in total. The molecule has 106 valence electrons. The van der Waals surface area contributed by atoms with E-state index >= 15 is 0 Å². The Balaban J connectivity index is 3.05. The fourth-order valence-corrected chi connectivity index (χ4v) is 1.69. The van der Waals surface area contributed by atoms with Crippen LogP contribution < -0.4 is 20.7 Å². The number of methoxy groups -OCH3 is 2. The molecule has 6 heteroatoms. The van der Waals surface area contributed by atoms with Crippen molar-refractivity contribution < 1.29 is 19.1 Å². The minimum atomic E-state index is -0.600. The summed E-state index contributed by atoms with van der Waals surface area (Å²) in [5.74, 6) is 5.62. The van der Waals surface area contributed by atoms with E-state index in [0.717, 1.165) is 0 Å². The Morgan fingerprint density at radius 1 is 1.26 bits per heavy atom. The van der Waals surface area contributed by atoms with E-state index in [9.17, 15) is 4.79 Å². The number of nitrogens with two attached hydrogens (primary N) is 1. The van der Waals surface area contributed by atoms with E-state index in [1.807, 2.05) is 0 Å². The molecule has 0 aliphatic heterocycles. The summed E-state index contributed by atoms with van der Waals surface area (Å²) in [4.78, 5) is 16.9. The highest BCUT2D eigenvalue weighted by molar-refractivity contribution is 6.00. The van der Waals surface area contributed by atoms with Crippen molar-refractivity contribution >= 4 is 5.91 Å². The largest absolute Gasteiger partial charge is 0.496 e. The van der Waals surface area contributed by atoms with Crippen molar-refractivity contribution in [3.8, 4) is 11.5 Å². The van der Waals surface area contributed by atoms with Gasteiger partial charge in [-0.15, -0.1) is 0 Å². The van der Waals surface area contributed by atoms with Crippen LogP contribution in [0.3, 0.4) is 0 Å². The Morgan fingerprint density at radius 2 is 1.79 bits per heavy atom. The van der Waals surface area contributed by atoms with Gasteiger partial charge >= 0.3 is 0 Å². The van der Waals surface area contributed by atoms with Gasteiger partial charge in [-0.05, 0) is 26.0 Å². The van der Waals surface area contributed by atoms with E-state index in [1.54, 1.807) is 32.0 Å². The predicted molar refractivity (Wildman–Crippen MR) is 71.2 cm³/mol. The van der Waals surface area contributed by atoms with E-state index in [-0.39, 0.29) is 12.5 Å². The van der Waals surface area contributed by atoms with Crippen LogP contribution in [0.5, 0.6) is 11.5 Å². The summed E-state index contributed by atoms with van der Waals surface area (Å²) in [5, 5.41) is 2.82. The topological polar surface area (TPSA) is 82.8 Å². The highest BCUT2D eigenvalue weighted by atomic mass is 16.6. The van der Waals surface area contributed by atoms with Crippen LogP contribution in [0.15, 0.2) is 18.2 Å². The van der Waals surface area contributed by atoms with Crippen molar-refractivity contribution in [3.05, 3.63) is 23.8 Å². The summed E-state index contributed by atoms with van der Waals surface area (Å²) in [6.07, 6.45) is 0. The third-order valence-electron chi connectivity index (χ3n) is 2.55. The Kier molecular flexibility index (Phi) is 5.14. The van der Waals surface area contributed by atoms with Gasteiger partial charge in [-0.1, -0.05) is 6.07 Å². The second kappa shape index (κ2) is 6.40. The average Bonchev–Trinajstić information content (AvgIpc) is 2.36. The van der Waals surface area contributed by atoms with E-state index in [4.69, 9.17) is 15.4 Å². The first kappa shape index (κ1) is 15.3. The standard InChI is InChI=1S/C13H20N2O4/c1-13(2,8-19-14)15-12(16)11-9(17-3)6-5-7-10(11)18-4/h5-7H,8,14H2,1-4H3,(H,15,16). The van der Waals surface area contributed by atoms with Gasteiger partial charge in [0.15, 0.2) is 0 Å². The number of amides is 1. The molecular formula is C13H20N2O4. The molecule has 0 fully saturated rings. The summed E-state index contributed by atoms with van der Waals surface area (Å²) in [6, 6.07) is 5.15. The molecule has 3 N–H and O–H groups in total. The molecule has 1 aromatic carbocycles. The molecule has 0 unspecified atom stereocenters. The van der Waals surface area contributed by atoms with Crippen LogP contribution in [0.25, 0.3) is 0 Å². The van der Waals surface area contributed by atoms with Gasteiger partial charge in [0.2, 0.25) is 0 Å². The third kappa shape index (κ3) is 3.84. The maximum Gasteiger partial charge on any atom is 0.259 e. The molecule has 0 aliphatic carbocycles. The van der Waals surface area contributed by atoms with Gasteiger partial charge in [0.1, 0.15) is 17.1 Å². The SMILES string of the molecule is COc1cccc(OC)c1C(=O)NC(C)(C)CON. The van der Waals surface area contributed by atoms with Gasteiger partial charge in [0, 0.05) is 0 Å². The lowest BCUT2D eigenvalue weighted by Gasteiger charge is -2.25. The lowest BCUT2D eigenvalue weighted by Crippen LogP contribution is -2.47. The van der Waals surface area contributed by atoms with Crippen LogP contribution in [0.2, 0.25) is 0 Å². The van der Waals surface area contributed by atoms with Crippen molar-refractivity contribution in [3.63, 3.8) is 0 Å². The second-order valence-corrected chi connectivity index (χ2v) is 4.69. The second-order valence-electron chi connectivity index (χ2n) is 4.69. The first-order chi connectivity index (χ1) is 8.95. The highest BCUT2D eigenvalue weighted by Crippen LogP contribution is 2.28. The van der Waals surface area contributed by atoms with E-state index < -0.39 is 5.54 Å². The molecule has 0 aliphatic rings. The van der Waals surface area contributed by atoms with Crippen molar-refractivity contribution in [1.82, 2.24) is 5.32 Å². The zero-order valence-electron chi connectivity index (χ0n) is 11.6. The van der Waals surface area contributed by atoms with Crippen molar-refractivity contribution in [2.75, 3.05) is 20.8 Å². The lowest BCUT2D eigenvalue weighted by atomic mass is 10.1. The normalized spacial score (nSPS) is 11.0. The molecule has 0 radical (unpaired) electrons. The van der Waals surface area contributed by atoms with Crippen LogP contribution in [-0.4, -0.2) is 32.3 Å².